The maximum absolute atomic E-state index is 12.3. The maximum atomic E-state index is 12.3. The molecule has 1 amide bonds. The van der Waals surface area contributed by atoms with Gasteiger partial charge in [0.2, 0.25) is 0 Å². The van der Waals surface area contributed by atoms with E-state index in [9.17, 15) is 4.79 Å². The molecule has 0 aliphatic carbocycles. The average Bonchev–Trinajstić information content (AvgIpc) is 2.88. The molecule has 5 rings (SSSR count). The Kier molecular flexibility index (Phi) is 3.14. The summed E-state index contributed by atoms with van der Waals surface area (Å²) in [5.74, 6) is -0.0271. The molecule has 0 atom stereocenters. The molecule has 4 aromatic carbocycles. The van der Waals surface area contributed by atoms with E-state index in [1.165, 1.54) is 49.0 Å². The Labute approximate surface area is 154 Å². The summed E-state index contributed by atoms with van der Waals surface area (Å²) in [6.07, 6.45) is 1.97. The predicted octanol–water partition coefficient (Wildman–Crippen LogP) is 5.42. The number of benzene rings is 4. The number of thiocarbonyl (C=S) groups is 1. The van der Waals surface area contributed by atoms with Gasteiger partial charge in [-0.2, -0.15) is 0 Å². The summed E-state index contributed by atoms with van der Waals surface area (Å²) in [4.78, 5) is 14.6. The van der Waals surface area contributed by atoms with Crippen LogP contribution in [0, 0.1) is 0 Å². The van der Waals surface area contributed by atoms with Crippen LogP contribution in [0.25, 0.3) is 38.4 Å². The smallest absolute Gasteiger partial charge is 0.265 e. The number of likely N-dealkylation sites (N-methyl/N-ethyl adjacent to an activating group) is 1. The Morgan fingerprint density at radius 1 is 0.920 bits per heavy atom. The standard InChI is InChI=1S/C21H13NOS2/c1-22-20(23)17(25-21(22)24)11-15-8-7-14-6-5-12-3-2-4-13-9-10-16(15)19(14)18(12)13/h2-11H,1H3/b17-11+. The average molecular weight is 359 g/mol. The Balaban J connectivity index is 1.83. The van der Waals surface area contributed by atoms with E-state index in [-0.39, 0.29) is 5.91 Å². The number of hydrogen-bond acceptors (Lipinski definition) is 3. The first-order valence-corrected chi connectivity index (χ1v) is 9.24. The molecule has 0 spiro atoms. The van der Waals surface area contributed by atoms with Crippen molar-refractivity contribution in [2.75, 3.05) is 7.05 Å². The SMILES string of the molecule is CN1C(=O)/C(=C\c2ccc3ccc4cccc5ccc2c3c45)SC1=S. The van der Waals surface area contributed by atoms with Gasteiger partial charge in [-0.25, -0.2) is 0 Å². The van der Waals surface area contributed by atoms with Crippen molar-refractivity contribution in [3.8, 4) is 0 Å². The van der Waals surface area contributed by atoms with Gasteiger partial charge < -0.3 is 0 Å². The van der Waals surface area contributed by atoms with Crippen LogP contribution >= 0.6 is 24.0 Å². The zero-order chi connectivity index (χ0) is 17.1. The second-order valence-electron chi connectivity index (χ2n) is 6.25. The quantitative estimate of drug-likeness (QED) is 0.257. The van der Waals surface area contributed by atoms with Crippen LogP contribution in [0.15, 0.2) is 59.5 Å². The van der Waals surface area contributed by atoms with Gasteiger partial charge in [0.15, 0.2) is 0 Å². The van der Waals surface area contributed by atoms with Gasteiger partial charge >= 0.3 is 0 Å². The van der Waals surface area contributed by atoms with Crippen LogP contribution < -0.4 is 0 Å². The zero-order valence-electron chi connectivity index (χ0n) is 13.4. The molecule has 0 saturated carbocycles. The number of carbonyl (C=O) groups is 1. The predicted molar refractivity (Wildman–Crippen MR) is 111 cm³/mol. The van der Waals surface area contributed by atoms with Crippen molar-refractivity contribution < 1.29 is 4.79 Å². The lowest BCUT2D eigenvalue weighted by Crippen LogP contribution is -2.22. The molecule has 2 nitrogen and oxygen atoms in total. The molecule has 4 aromatic rings. The minimum Gasteiger partial charge on any atom is -0.296 e. The largest absolute Gasteiger partial charge is 0.296 e. The number of amides is 1. The second kappa shape index (κ2) is 5.28. The third-order valence-electron chi connectivity index (χ3n) is 4.84. The van der Waals surface area contributed by atoms with Crippen LogP contribution in [0.4, 0.5) is 0 Å². The zero-order valence-corrected chi connectivity index (χ0v) is 15.1. The lowest BCUT2D eigenvalue weighted by Gasteiger charge is -2.12. The van der Waals surface area contributed by atoms with Crippen LogP contribution in [0.2, 0.25) is 0 Å². The summed E-state index contributed by atoms with van der Waals surface area (Å²) in [5.41, 5.74) is 1.06. The highest BCUT2D eigenvalue weighted by Gasteiger charge is 2.28. The van der Waals surface area contributed by atoms with Crippen LogP contribution in [-0.4, -0.2) is 22.2 Å². The highest BCUT2D eigenvalue weighted by atomic mass is 32.2. The van der Waals surface area contributed by atoms with E-state index in [0.717, 1.165) is 5.56 Å². The van der Waals surface area contributed by atoms with E-state index in [0.29, 0.717) is 9.23 Å². The molecule has 0 bridgehead atoms. The van der Waals surface area contributed by atoms with Crippen LogP contribution in [0.1, 0.15) is 5.56 Å². The highest BCUT2D eigenvalue weighted by molar-refractivity contribution is 8.26. The molecule has 1 heterocycles. The third-order valence-corrected chi connectivity index (χ3v) is 6.32. The topological polar surface area (TPSA) is 20.3 Å². The van der Waals surface area contributed by atoms with Gasteiger partial charge in [0.1, 0.15) is 4.32 Å². The molecule has 4 heteroatoms. The van der Waals surface area contributed by atoms with E-state index in [1.807, 2.05) is 6.08 Å². The Morgan fingerprint density at radius 2 is 1.56 bits per heavy atom. The first kappa shape index (κ1) is 14.9. The number of thioether (sulfide) groups is 1. The summed E-state index contributed by atoms with van der Waals surface area (Å²) >= 11 is 6.60. The fourth-order valence-electron chi connectivity index (χ4n) is 3.57. The molecule has 120 valence electrons. The fourth-order valence-corrected chi connectivity index (χ4v) is 4.74. The first-order chi connectivity index (χ1) is 12.1. The normalized spacial score (nSPS) is 17.0. The molecular weight excluding hydrogens is 346 g/mol. The van der Waals surface area contributed by atoms with E-state index >= 15 is 0 Å². The van der Waals surface area contributed by atoms with E-state index < -0.39 is 0 Å². The van der Waals surface area contributed by atoms with Gasteiger partial charge in [-0.3, -0.25) is 9.69 Å². The number of hydrogen-bond donors (Lipinski definition) is 0. The van der Waals surface area contributed by atoms with Gasteiger partial charge in [-0.05, 0) is 44.0 Å². The Bertz CT molecular complexity index is 1210. The lowest BCUT2D eigenvalue weighted by atomic mass is 9.92. The minimum atomic E-state index is -0.0271. The van der Waals surface area contributed by atoms with Gasteiger partial charge in [0.05, 0.1) is 4.91 Å². The molecule has 1 aliphatic heterocycles. The molecule has 25 heavy (non-hydrogen) atoms. The van der Waals surface area contributed by atoms with Gasteiger partial charge in [0.25, 0.3) is 5.91 Å². The molecule has 0 aromatic heterocycles. The molecule has 0 radical (unpaired) electrons. The van der Waals surface area contributed by atoms with Crippen molar-refractivity contribution in [3.05, 3.63) is 65.1 Å². The molecule has 0 N–H and O–H groups in total. The van der Waals surface area contributed by atoms with E-state index in [2.05, 4.69) is 54.6 Å². The van der Waals surface area contributed by atoms with Gasteiger partial charge in [-0.15, -0.1) is 0 Å². The monoisotopic (exact) mass is 359 g/mol. The van der Waals surface area contributed by atoms with Crippen LogP contribution in [-0.2, 0) is 4.79 Å². The first-order valence-electron chi connectivity index (χ1n) is 8.01. The Morgan fingerprint density at radius 3 is 2.24 bits per heavy atom. The van der Waals surface area contributed by atoms with Crippen molar-refractivity contribution in [3.63, 3.8) is 0 Å². The second-order valence-corrected chi connectivity index (χ2v) is 7.93. The van der Waals surface area contributed by atoms with Crippen molar-refractivity contribution >= 4 is 72.6 Å². The van der Waals surface area contributed by atoms with Crippen molar-refractivity contribution in [2.45, 2.75) is 0 Å². The van der Waals surface area contributed by atoms with Crippen molar-refractivity contribution in [1.29, 1.82) is 0 Å². The third kappa shape index (κ3) is 2.11. The summed E-state index contributed by atoms with van der Waals surface area (Å²) in [5, 5.41) is 7.43. The maximum Gasteiger partial charge on any atom is 0.265 e. The van der Waals surface area contributed by atoms with Crippen LogP contribution in [0.3, 0.4) is 0 Å². The molecule has 0 unspecified atom stereocenters. The molecule has 1 saturated heterocycles. The summed E-state index contributed by atoms with van der Waals surface area (Å²) in [6.45, 7) is 0. The summed E-state index contributed by atoms with van der Waals surface area (Å²) < 4.78 is 0.606. The summed E-state index contributed by atoms with van der Waals surface area (Å²) in [6, 6.07) is 19.3. The summed E-state index contributed by atoms with van der Waals surface area (Å²) in [7, 11) is 1.72. The molecule has 1 aliphatic rings. The Hall–Kier alpha value is -2.43. The minimum absolute atomic E-state index is 0.0271. The molecule has 1 fully saturated rings. The van der Waals surface area contributed by atoms with Crippen LogP contribution in [0.5, 0.6) is 0 Å². The van der Waals surface area contributed by atoms with Crippen molar-refractivity contribution in [2.24, 2.45) is 0 Å². The van der Waals surface area contributed by atoms with Gasteiger partial charge in [-0.1, -0.05) is 78.6 Å². The number of rotatable bonds is 1. The molecular formula is C21H13NOS2. The van der Waals surface area contributed by atoms with E-state index in [4.69, 9.17) is 12.2 Å². The lowest BCUT2D eigenvalue weighted by molar-refractivity contribution is -0.121. The van der Waals surface area contributed by atoms with Crippen molar-refractivity contribution in [1.82, 2.24) is 4.90 Å². The fraction of sp³-hybridized carbons (Fsp3) is 0.0476. The number of carbonyl (C=O) groups excluding carboxylic acids is 1. The number of nitrogens with zero attached hydrogens (tertiary/aromatic N) is 1. The van der Waals surface area contributed by atoms with E-state index in [1.54, 1.807) is 7.05 Å². The highest BCUT2D eigenvalue weighted by Crippen LogP contribution is 2.38. The van der Waals surface area contributed by atoms with Gasteiger partial charge in [0, 0.05) is 7.05 Å².